The van der Waals surface area contributed by atoms with Crippen LogP contribution in [0.1, 0.15) is 31.9 Å². The Morgan fingerprint density at radius 1 is 0.974 bits per heavy atom. The molecule has 0 saturated heterocycles. The van der Waals surface area contributed by atoms with E-state index in [1.165, 1.54) is 42.2 Å². The van der Waals surface area contributed by atoms with Gasteiger partial charge in [-0.05, 0) is 58.0 Å². The molecule has 0 heterocycles. The predicted molar refractivity (Wildman–Crippen MR) is 148 cm³/mol. The lowest BCUT2D eigenvalue weighted by Crippen LogP contribution is -2.51. The third kappa shape index (κ3) is 7.14. The van der Waals surface area contributed by atoms with Gasteiger partial charge in [-0.2, -0.15) is 0 Å². The minimum Gasteiger partial charge on any atom is -0.492 e. The number of aryl methyl sites for hydroxylation is 1. The zero-order valence-corrected chi connectivity index (χ0v) is 23.4. The van der Waals surface area contributed by atoms with Crippen LogP contribution in [0.25, 0.3) is 0 Å². The maximum absolute atomic E-state index is 14.6. The number of nitrogens with one attached hydrogen (secondary N) is 1. The van der Waals surface area contributed by atoms with E-state index in [2.05, 4.69) is 5.32 Å². The number of ether oxygens (including phenoxy) is 1. The van der Waals surface area contributed by atoms with Crippen LogP contribution in [-0.2, 0) is 26.2 Å². The van der Waals surface area contributed by atoms with Gasteiger partial charge in [0.05, 0.1) is 17.2 Å². The number of carbonyl (C=O) groups is 2. The summed E-state index contributed by atoms with van der Waals surface area (Å²) in [6.45, 7) is 6.62. The molecule has 10 heteroatoms. The zero-order chi connectivity index (χ0) is 28.6. The van der Waals surface area contributed by atoms with Crippen LogP contribution in [0.4, 0.5) is 10.1 Å². The molecule has 0 aliphatic heterocycles. The summed E-state index contributed by atoms with van der Waals surface area (Å²) in [5.41, 5.74) is 1.24. The Labute approximate surface area is 229 Å². The Balaban J connectivity index is 2.09. The van der Waals surface area contributed by atoms with Gasteiger partial charge in [0, 0.05) is 18.7 Å². The van der Waals surface area contributed by atoms with E-state index < -0.39 is 40.2 Å². The van der Waals surface area contributed by atoms with Crippen molar-refractivity contribution in [2.75, 3.05) is 24.0 Å². The molecular formula is C29H34FN3O5S. The van der Waals surface area contributed by atoms with Crippen molar-refractivity contribution in [2.24, 2.45) is 0 Å². The summed E-state index contributed by atoms with van der Waals surface area (Å²) in [6.07, 6.45) is 0. The number of nitrogens with zero attached hydrogens (tertiary/aromatic N) is 2. The van der Waals surface area contributed by atoms with Crippen LogP contribution in [0.3, 0.4) is 0 Å². The van der Waals surface area contributed by atoms with Gasteiger partial charge in [-0.1, -0.05) is 48.0 Å². The highest BCUT2D eigenvalue weighted by atomic mass is 32.2. The van der Waals surface area contributed by atoms with Crippen LogP contribution in [0.2, 0.25) is 0 Å². The molecule has 0 unspecified atom stereocenters. The van der Waals surface area contributed by atoms with E-state index in [1.807, 2.05) is 6.92 Å². The average molecular weight is 556 g/mol. The highest BCUT2D eigenvalue weighted by molar-refractivity contribution is 7.92. The number of hydrogen-bond acceptors (Lipinski definition) is 5. The zero-order valence-electron chi connectivity index (χ0n) is 22.6. The molecule has 1 atom stereocenters. The second-order valence-corrected chi connectivity index (χ2v) is 10.8. The maximum atomic E-state index is 14.6. The second kappa shape index (κ2) is 13.2. The number of carbonyl (C=O) groups excluding carboxylic acids is 2. The van der Waals surface area contributed by atoms with E-state index in [0.29, 0.717) is 6.54 Å². The van der Waals surface area contributed by atoms with E-state index in [0.717, 1.165) is 9.87 Å². The molecule has 0 fully saturated rings. The number of anilines is 1. The molecule has 0 aliphatic carbocycles. The number of hydrogen-bond donors (Lipinski definition) is 1. The predicted octanol–water partition coefficient (Wildman–Crippen LogP) is 4.28. The molecule has 0 aromatic heterocycles. The minimum absolute atomic E-state index is 0.00960. The van der Waals surface area contributed by atoms with Crippen molar-refractivity contribution in [1.29, 1.82) is 0 Å². The van der Waals surface area contributed by atoms with Gasteiger partial charge in [-0.15, -0.1) is 0 Å². The van der Waals surface area contributed by atoms with Crippen LogP contribution in [0.5, 0.6) is 5.75 Å². The van der Waals surface area contributed by atoms with Crippen molar-refractivity contribution in [3.8, 4) is 5.75 Å². The van der Waals surface area contributed by atoms with Crippen molar-refractivity contribution in [1.82, 2.24) is 10.2 Å². The van der Waals surface area contributed by atoms with Gasteiger partial charge >= 0.3 is 0 Å². The molecule has 0 aliphatic rings. The van der Waals surface area contributed by atoms with Gasteiger partial charge in [0.1, 0.15) is 24.2 Å². The molecule has 208 valence electrons. The van der Waals surface area contributed by atoms with Gasteiger partial charge in [-0.3, -0.25) is 13.9 Å². The third-order valence-corrected chi connectivity index (χ3v) is 7.91. The number of halogens is 1. The Bertz CT molecular complexity index is 1400. The van der Waals surface area contributed by atoms with Crippen LogP contribution < -0.4 is 14.4 Å². The number of amides is 2. The smallest absolute Gasteiger partial charge is 0.264 e. The molecule has 0 radical (unpaired) electrons. The normalized spacial score (nSPS) is 11.9. The maximum Gasteiger partial charge on any atom is 0.264 e. The average Bonchev–Trinajstić information content (AvgIpc) is 2.91. The quantitative estimate of drug-likeness (QED) is 0.360. The molecule has 0 spiro atoms. The summed E-state index contributed by atoms with van der Waals surface area (Å²) in [6, 6.07) is 17.8. The van der Waals surface area contributed by atoms with Crippen LogP contribution in [0, 0.1) is 12.7 Å². The Kier molecular flexibility index (Phi) is 10.1. The molecule has 2 amide bonds. The summed E-state index contributed by atoms with van der Waals surface area (Å²) >= 11 is 0. The first-order chi connectivity index (χ1) is 18.6. The van der Waals surface area contributed by atoms with E-state index in [1.54, 1.807) is 56.3 Å². The van der Waals surface area contributed by atoms with Crippen molar-refractivity contribution in [3.63, 3.8) is 0 Å². The first-order valence-corrected chi connectivity index (χ1v) is 14.2. The van der Waals surface area contributed by atoms with Crippen LogP contribution >= 0.6 is 0 Å². The summed E-state index contributed by atoms with van der Waals surface area (Å²) in [7, 11) is -4.25. The van der Waals surface area contributed by atoms with Crippen molar-refractivity contribution in [2.45, 2.75) is 45.2 Å². The van der Waals surface area contributed by atoms with Gasteiger partial charge in [-0.25, -0.2) is 12.8 Å². The first-order valence-electron chi connectivity index (χ1n) is 12.7. The van der Waals surface area contributed by atoms with Crippen molar-refractivity contribution < 1.29 is 27.1 Å². The van der Waals surface area contributed by atoms with Gasteiger partial charge in [0.2, 0.25) is 11.8 Å². The van der Waals surface area contributed by atoms with Gasteiger partial charge in [0.15, 0.2) is 0 Å². The third-order valence-electron chi connectivity index (χ3n) is 6.14. The fourth-order valence-corrected chi connectivity index (χ4v) is 5.43. The molecule has 3 rings (SSSR count). The molecule has 8 nitrogen and oxygen atoms in total. The van der Waals surface area contributed by atoms with Gasteiger partial charge in [0.25, 0.3) is 10.0 Å². The first kappa shape index (κ1) is 29.6. The number of para-hydroxylation sites is 2. The fraction of sp³-hybridized carbons (Fsp3) is 0.310. The second-order valence-electron chi connectivity index (χ2n) is 8.91. The van der Waals surface area contributed by atoms with E-state index in [9.17, 15) is 22.4 Å². The van der Waals surface area contributed by atoms with Crippen LogP contribution in [-0.4, -0.2) is 50.9 Å². The molecule has 1 N–H and O–H groups in total. The Morgan fingerprint density at radius 2 is 1.62 bits per heavy atom. The number of sulfonamides is 1. The summed E-state index contributed by atoms with van der Waals surface area (Å²) in [4.78, 5) is 27.8. The Hall–Kier alpha value is -3.92. The number of benzene rings is 3. The molecular weight excluding hydrogens is 521 g/mol. The highest BCUT2D eigenvalue weighted by Gasteiger charge is 2.34. The molecule has 0 saturated carbocycles. The molecule has 0 bridgehead atoms. The molecule has 39 heavy (non-hydrogen) atoms. The summed E-state index contributed by atoms with van der Waals surface area (Å²) in [5.74, 6) is -1.38. The minimum atomic E-state index is -4.25. The Morgan fingerprint density at radius 3 is 2.26 bits per heavy atom. The SMILES string of the molecule is CCNC(=O)[C@H](C)N(Cc1ccccc1F)C(=O)CN(c1ccccc1OCC)S(=O)(=O)c1ccc(C)cc1. The van der Waals surface area contributed by atoms with E-state index >= 15 is 0 Å². The van der Waals surface area contributed by atoms with Crippen molar-refractivity contribution >= 4 is 27.5 Å². The largest absolute Gasteiger partial charge is 0.492 e. The number of likely N-dealkylation sites (N-methyl/N-ethyl adjacent to an activating group) is 1. The standard InChI is InChI=1S/C29H34FN3O5S/c1-5-31-29(35)22(4)32(19-23-11-7-8-12-25(23)30)28(34)20-33(26-13-9-10-14-27(26)38-6-2)39(36,37)24-17-15-21(3)16-18-24/h7-18,22H,5-6,19-20H2,1-4H3,(H,31,35)/t22-/m0/s1. The lowest BCUT2D eigenvalue weighted by molar-refractivity contribution is -0.139. The van der Waals surface area contributed by atoms with Gasteiger partial charge < -0.3 is 15.0 Å². The summed E-state index contributed by atoms with van der Waals surface area (Å²) in [5, 5.41) is 2.67. The lowest BCUT2D eigenvalue weighted by Gasteiger charge is -2.32. The lowest BCUT2D eigenvalue weighted by atomic mass is 10.1. The summed E-state index contributed by atoms with van der Waals surface area (Å²) < 4.78 is 49.1. The molecule has 3 aromatic carbocycles. The monoisotopic (exact) mass is 555 g/mol. The topological polar surface area (TPSA) is 96.0 Å². The van der Waals surface area contributed by atoms with Crippen molar-refractivity contribution in [3.05, 3.63) is 89.7 Å². The number of rotatable bonds is 12. The van der Waals surface area contributed by atoms with Crippen LogP contribution in [0.15, 0.2) is 77.7 Å². The van der Waals surface area contributed by atoms with E-state index in [4.69, 9.17) is 4.74 Å². The fourth-order valence-electron chi connectivity index (χ4n) is 4.01. The highest BCUT2D eigenvalue weighted by Crippen LogP contribution is 2.33. The van der Waals surface area contributed by atoms with E-state index in [-0.39, 0.29) is 35.0 Å². The molecule has 3 aromatic rings.